The molecular formula is C47H74O18. The van der Waals surface area contributed by atoms with E-state index in [4.69, 9.17) is 33.2 Å². The lowest BCUT2D eigenvalue weighted by Crippen LogP contribution is -2.72. The number of carbonyl (C=O) groups is 1. The van der Waals surface area contributed by atoms with Gasteiger partial charge in [0.2, 0.25) is 0 Å². The molecular weight excluding hydrogens is 852 g/mol. The van der Waals surface area contributed by atoms with E-state index in [1.165, 1.54) is 6.92 Å². The lowest BCUT2D eigenvalue weighted by molar-refractivity contribution is -0.388. The maximum atomic E-state index is 13.8. The second kappa shape index (κ2) is 16.0. The highest BCUT2D eigenvalue weighted by Gasteiger charge is 2.75. The molecule has 1 spiro atoms. The van der Waals surface area contributed by atoms with Crippen LogP contribution in [-0.4, -0.2) is 180 Å². The number of aliphatic hydroxyl groups excluding tert-OH is 9. The molecule has 10 rings (SSSR count). The molecule has 5 saturated heterocycles. The third kappa shape index (κ3) is 6.74. The molecule has 10 N–H and O–H groups in total. The summed E-state index contributed by atoms with van der Waals surface area (Å²) in [6, 6.07) is 0. The zero-order valence-corrected chi connectivity index (χ0v) is 38.9. The van der Waals surface area contributed by atoms with Gasteiger partial charge in [0, 0.05) is 0 Å². The molecule has 65 heavy (non-hydrogen) atoms. The summed E-state index contributed by atoms with van der Waals surface area (Å²) in [7, 11) is 0. The predicted molar refractivity (Wildman–Crippen MR) is 224 cm³/mol. The summed E-state index contributed by atoms with van der Waals surface area (Å²) < 4.78 is 43.0. The first-order valence-corrected chi connectivity index (χ1v) is 23.9. The van der Waals surface area contributed by atoms with Gasteiger partial charge in [0.15, 0.2) is 18.9 Å². The van der Waals surface area contributed by atoms with Crippen LogP contribution in [0.5, 0.6) is 0 Å². The van der Waals surface area contributed by atoms with E-state index in [1.54, 1.807) is 6.92 Å². The summed E-state index contributed by atoms with van der Waals surface area (Å²) in [5, 5.41) is 110. The molecule has 0 aromatic carbocycles. The topological polar surface area (TPSA) is 284 Å². The van der Waals surface area contributed by atoms with Crippen LogP contribution in [0.2, 0.25) is 0 Å². The Kier molecular flexibility index (Phi) is 12.0. The summed E-state index contributed by atoms with van der Waals surface area (Å²) in [5.41, 5.74) is -3.28. The van der Waals surface area contributed by atoms with Crippen LogP contribution in [-0.2, 0) is 38.0 Å². The van der Waals surface area contributed by atoms with Crippen molar-refractivity contribution in [1.82, 2.24) is 0 Å². The van der Waals surface area contributed by atoms with Crippen molar-refractivity contribution in [3.05, 3.63) is 11.1 Å². The Labute approximate surface area is 380 Å². The predicted octanol–water partition coefficient (Wildman–Crippen LogP) is 0.0534. The van der Waals surface area contributed by atoms with E-state index in [0.29, 0.717) is 38.5 Å². The van der Waals surface area contributed by atoms with Crippen LogP contribution in [0, 0.1) is 38.9 Å². The molecule has 5 aliphatic carbocycles. The maximum Gasteiger partial charge on any atom is 0.316 e. The summed E-state index contributed by atoms with van der Waals surface area (Å²) in [6.07, 6.45) is -17.1. The molecule has 0 amide bonds. The molecule has 2 bridgehead atoms. The minimum atomic E-state index is -1.83. The van der Waals surface area contributed by atoms with Crippen LogP contribution in [0.1, 0.15) is 113 Å². The van der Waals surface area contributed by atoms with Crippen LogP contribution in [0.25, 0.3) is 0 Å². The van der Waals surface area contributed by atoms with E-state index < -0.39 is 138 Å². The standard InChI is InChI=1S/C47H74O18/c1-20-27(51)29(53)31(55)37(60-20)64-34-33(63-38-32(56)30(54)28(52)24(18-48)61-38)23(50)19-59-39(34)62-26-10-11-42(4)25(41(26,2)3)9-12-44(6)36(42)22(49)17-21-35-46(8,58)45(7)14-16-47(35,40(57)65-45)15-13-43(21,44)5/h20,22-34,36-39,48-56,58H,9-19H2,1-8H3. The number of ether oxygens (including phenoxy) is 7. The van der Waals surface area contributed by atoms with Crippen molar-refractivity contribution in [3.8, 4) is 0 Å². The van der Waals surface area contributed by atoms with E-state index in [-0.39, 0.29) is 29.8 Å². The molecule has 10 aliphatic rings. The van der Waals surface area contributed by atoms with Gasteiger partial charge in [-0.3, -0.25) is 4.79 Å². The first kappa shape index (κ1) is 48.6. The van der Waals surface area contributed by atoms with E-state index >= 15 is 0 Å². The van der Waals surface area contributed by atoms with Crippen LogP contribution in [0.15, 0.2) is 11.1 Å². The van der Waals surface area contributed by atoms with Crippen molar-refractivity contribution in [2.24, 2.45) is 38.9 Å². The van der Waals surface area contributed by atoms with Crippen molar-refractivity contribution in [3.63, 3.8) is 0 Å². The minimum Gasteiger partial charge on any atom is -0.455 e. The first-order valence-electron chi connectivity index (χ1n) is 23.9. The van der Waals surface area contributed by atoms with Gasteiger partial charge in [-0.1, -0.05) is 40.2 Å². The number of carbonyl (C=O) groups excluding carboxylic acids is 1. The van der Waals surface area contributed by atoms with E-state index in [1.807, 2.05) is 6.92 Å². The minimum absolute atomic E-state index is 0.0209. The van der Waals surface area contributed by atoms with Crippen LogP contribution in [0.3, 0.4) is 0 Å². The van der Waals surface area contributed by atoms with Gasteiger partial charge in [-0.05, 0) is 118 Å². The monoisotopic (exact) mass is 926 g/mol. The molecule has 0 aromatic heterocycles. The Morgan fingerprint density at radius 1 is 0.677 bits per heavy atom. The summed E-state index contributed by atoms with van der Waals surface area (Å²) in [6.45, 7) is 15.2. The molecule has 4 saturated carbocycles. The highest BCUT2D eigenvalue weighted by molar-refractivity contribution is 5.86. The van der Waals surface area contributed by atoms with Gasteiger partial charge >= 0.3 is 5.97 Å². The highest BCUT2D eigenvalue weighted by Crippen LogP contribution is 2.77. The molecule has 9 fully saturated rings. The fraction of sp³-hybridized carbons (Fsp3) is 0.936. The van der Waals surface area contributed by atoms with Crippen LogP contribution >= 0.6 is 0 Å². The average Bonchev–Trinajstić information content (AvgIpc) is 3.23. The van der Waals surface area contributed by atoms with Gasteiger partial charge in [0.05, 0.1) is 36.9 Å². The first-order chi connectivity index (χ1) is 30.2. The molecule has 0 radical (unpaired) electrons. The molecule has 18 nitrogen and oxygen atoms in total. The van der Waals surface area contributed by atoms with Crippen molar-refractivity contribution < 1.29 is 89.0 Å². The smallest absolute Gasteiger partial charge is 0.316 e. The van der Waals surface area contributed by atoms with Gasteiger partial charge in [0.1, 0.15) is 72.2 Å². The lowest BCUT2D eigenvalue weighted by atomic mass is 9.33. The third-order valence-electron chi connectivity index (χ3n) is 19.6. The quantitative estimate of drug-likeness (QED) is 0.0918. The van der Waals surface area contributed by atoms with Crippen molar-refractivity contribution in [2.75, 3.05) is 13.2 Å². The van der Waals surface area contributed by atoms with E-state index in [9.17, 15) is 55.9 Å². The zero-order valence-electron chi connectivity index (χ0n) is 38.9. The molecule has 0 aromatic rings. The van der Waals surface area contributed by atoms with Crippen molar-refractivity contribution >= 4 is 5.97 Å². The van der Waals surface area contributed by atoms with Crippen LogP contribution in [0.4, 0.5) is 0 Å². The van der Waals surface area contributed by atoms with Gasteiger partial charge in [-0.15, -0.1) is 0 Å². The van der Waals surface area contributed by atoms with E-state index in [2.05, 4.69) is 34.6 Å². The Hall–Kier alpha value is -1.43. The molecule has 24 unspecified atom stereocenters. The Morgan fingerprint density at radius 2 is 1.31 bits per heavy atom. The number of esters is 1. The fourth-order valence-electron chi connectivity index (χ4n) is 15.5. The molecule has 18 heteroatoms. The summed E-state index contributed by atoms with van der Waals surface area (Å²) in [4.78, 5) is 13.8. The van der Waals surface area contributed by atoms with Crippen molar-refractivity contribution in [1.29, 1.82) is 0 Å². The number of hydrogen-bond acceptors (Lipinski definition) is 18. The van der Waals surface area contributed by atoms with Crippen molar-refractivity contribution in [2.45, 2.75) is 223 Å². The second-order valence-electron chi connectivity index (χ2n) is 23.1. The van der Waals surface area contributed by atoms with Crippen LogP contribution < -0.4 is 0 Å². The largest absolute Gasteiger partial charge is 0.455 e. The van der Waals surface area contributed by atoms with Gasteiger partial charge in [-0.2, -0.15) is 0 Å². The fourth-order valence-corrected chi connectivity index (χ4v) is 15.5. The van der Waals surface area contributed by atoms with Gasteiger partial charge in [0.25, 0.3) is 0 Å². The summed E-state index contributed by atoms with van der Waals surface area (Å²) in [5.74, 6) is -0.385. The highest BCUT2D eigenvalue weighted by atomic mass is 16.8. The summed E-state index contributed by atoms with van der Waals surface area (Å²) >= 11 is 0. The maximum absolute atomic E-state index is 13.8. The molecule has 370 valence electrons. The number of aliphatic hydroxyl groups is 10. The van der Waals surface area contributed by atoms with Gasteiger partial charge < -0.3 is 84.2 Å². The molecule has 5 heterocycles. The Balaban J connectivity index is 1.01. The Morgan fingerprint density at radius 3 is 1.97 bits per heavy atom. The number of fused-ring (bicyclic) bond motifs is 7. The average molecular weight is 927 g/mol. The lowest BCUT2D eigenvalue weighted by Gasteiger charge is -2.73. The SMILES string of the molecule is CC1OC(OC2C(OC3CCC4(C)C(CCC5(C)C4C(O)CC4=C6C7(CCC(C)(OC7=O)C6(C)O)CCC45C)C3(C)C)OCC(O)C2OC2OC(CO)C(O)C(O)C2O)C(O)C(O)C1O. The number of hydrogen-bond donors (Lipinski definition) is 10. The second-order valence-corrected chi connectivity index (χ2v) is 23.1. The Bertz CT molecular complexity index is 1880. The normalized spacial score (nSPS) is 57.4. The molecule has 24 atom stereocenters. The zero-order chi connectivity index (χ0) is 47.4. The third-order valence-corrected chi connectivity index (χ3v) is 19.6. The molecule has 5 aliphatic heterocycles. The van der Waals surface area contributed by atoms with Gasteiger partial charge in [-0.25, -0.2) is 0 Å². The van der Waals surface area contributed by atoms with E-state index in [0.717, 1.165) is 30.4 Å². The number of rotatable bonds is 7.